The molecule has 0 unspecified atom stereocenters. The first kappa shape index (κ1) is 6.42. The second-order valence-electron chi connectivity index (χ2n) is 1.94. The zero-order valence-electron chi connectivity index (χ0n) is 4.77. The van der Waals surface area contributed by atoms with Crippen molar-refractivity contribution in [2.75, 3.05) is 0 Å². The molecule has 0 bridgehead atoms. The molecular formula is C6H7F2N. The van der Waals surface area contributed by atoms with Gasteiger partial charge in [-0.05, 0) is 6.42 Å². The molecule has 1 nitrogen and oxygen atoms in total. The van der Waals surface area contributed by atoms with E-state index in [0.29, 0.717) is 6.42 Å². The third-order valence-electron chi connectivity index (χ3n) is 1.33. The van der Waals surface area contributed by atoms with Crippen molar-refractivity contribution in [3.8, 4) is 0 Å². The molecule has 1 aliphatic rings. The molecule has 0 aromatic carbocycles. The number of rotatable bonds is 0. The van der Waals surface area contributed by atoms with E-state index < -0.39 is 12.1 Å². The quantitative estimate of drug-likeness (QED) is 0.494. The minimum absolute atomic E-state index is 0.0509. The Kier molecular flexibility index (Phi) is 1.62. The van der Waals surface area contributed by atoms with Crippen LogP contribution < -0.4 is 5.73 Å². The van der Waals surface area contributed by atoms with Crippen molar-refractivity contribution in [2.45, 2.75) is 12.5 Å². The van der Waals surface area contributed by atoms with Gasteiger partial charge < -0.3 is 5.73 Å². The van der Waals surface area contributed by atoms with E-state index >= 15 is 0 Å². The molecule has 0 aromatic rings. The van der Waals surface area contributed by atoms with Crippen LogP contribution in [-0.2, 0) is 0 Å². The van der Waals surface area contributed by atoms with Gasteiger partial charge in [-0.3, -0.25) is 0 Å². The van der Waals surface area contributed by atoms with Gasteiger partial charge in [0.05, 0.1) is 0 Å². The van der Waals surface area contributed by atoms with E-state index in [1.165, 1.54) is 0 Å². The third kappa shape index (κ3) is 1.16. The SMILES string of the molecule is N[C@H]1C=CCC1=C(F)F. The van der Waals surface area contributed by atoms with Crippen LogP contribution in [0.2, 0.25) is 0 Å². The highest BCUT2D eigenvalue weighted by Gasteiger charge is 2.15. The van der Waals surface area contributed by atoms with Gasteiger partial charge in [0.1, 0.15) is 0 Å². The van der Waals surface area contributed by atoms with Gasteiger partial charge in [0.2, 0.25) is 0 Å². The maximum absolute atomic E-state index is 11.7. The summed E-state index contributed by atoms with van der Waals surface area (Å²) in [7, 11) is 0. The van der Waals surface area contributed by atoms with E-state index in [9.17, 15) is 8.78 Å². The molecule has 0 spiro atoms. The topological polar surface area (TPSA) is 26.0 Å². The second kappa shape index (κ2) is 2.27. The summed E-state index contributed by atoms with van der Waals surface area (Å²) in [6, 6.07) is -0.546. The van der Waals surface area contributed by atoms with Crippen LogP contribution in [0.1, 0.15) is 6.42 Å². The fraction of sp³-hybridized carbons (Fsp3) is 0.333. The number of nitrogens with two attached hydrogens (primary N) is 1. The fourth-order valence-corrected chi connectivity index (χ4v) is 0.797. The molecule has 2 N–H and O–H groups in total. The molecule has 1 atom stereocenters. The van der Waals surface area contributed by atoms with E-state index in [1.807, 2.05) is 0 Å². The minimum atomic E-state index is -1.63. The Morgan fingerprint density at radius 1 is 1.67 bits per heavy atom. The molecule has 0 saturated heterocycles. The molecule has 0 fully saturated rings. The van der Waals surface area contributed by atoms with Crippen molar-refractivity contribution in [1.29, 1.82) is 0 Å². The Balaban J connectivity index is 2.77. The standard InChI is InChI=1S/C6H7F2N/c7-6(8)4-2-1-3-5(4)9/h1,3,5H,2,9H2/t5-/m0/s1. The lowest BCUT2D eigenvalue weighted by atomic mass is 10.2. The van der Waals surface area contributed by atoms with Crippen molar-refractivity contribution in [3.63, 3.8) is 0 Å². The molecule has 50 valence electrons. The first-order valence-electron chi connectivity index (χ1n) is 2.68. The summed E-state index contributed by atoms with van der Waals surface area (Å²) < 4.78 is 23.5. The summed E-state index contributed by atoms with van der Waals surface area (Å²) >= 11 is 0. The Morgan fingerprint density at radius 2 is 2.33 bits per heavy atom. The van der Waals surface area contributed by atoms with Crippen LogP contribution in [0, 0.1) is 0 Å². The fourth-order valence-electron chi connectivity index (χ4n) is 0.797. The van der Waals surface area contributed by atoms with Gasteiger partial charge in [0, 0.05) is 11.6 Å². The molecule has 0 radical (unpaired) electrons. The molecule has 0 aliphatic heterocycles. The molecule has 9 heavy (non-hydrogen) atoms. The molecular weight excluding hydrogens is 124 g/mol. The van der Waals surface area contributed by atoms with Crippen LogP contribution in [0.3, 0.4) is 0 Å². The lowest BCUT2D eigenvalue weighted by molar-refractivity contribution is 0.406. The van der Waals surface area contributed by atoms with Crippen LogP contribution in [-0.4, -0.2) is 6.04 Å². The van der Waals surface area contributed by atoms with Gasteiger partial charge >= 0.3 is 0 Å². The smallest absolute Gasteiger partial charge is 0.271 e. The third-order valence-corrected chi connectivity index (χ3v) is 1.33. The summed E-state index contributed by atoms with van der Waals surface area (Å²) in [5.41, 5.74) is 5.31. The maximum Gasteiger partial charge on any atom is 0.271 e. The van der Waals surface area contributed by atoms with E-state index in [2.05, 4.69) is 0 Å². The molecule has 0 aromatic heterocycles. The minimum Gasteiger partial charge on any atom is -0.321 e. The zero-order chi connectivity index (χ0) is 6.85. The number of allylic oxidation sites excluding steroid dienone is 1. The predicted octanol–water partition coefficient (Wildman–Crippen LogP) is 1.42. The first-order valence-corrected chi connectivity index (χ1v) is 2.68. The summed E-state index contributed by atoms with van der Waals surface area (Å²) in [4.78, 5) is 0. The van der Waals surface area contributed by atoms with Gasteiger partial charge in [-0.25, -0.2) is 0 Å². The van der Waals surface area contributed by atoms with Crippen molar-refractivity contribution >= 4 is 0 Å². The maximum atomic E-state index is 11.7. The monoisotopic (exact) mass is 131 g/mol. The largest absolute Gasteiger partial charge is 0.321 e. The van der Waals surface area contributed by atoms with Crippen LogP contribution in [0.5, 0.6) is 0 Å². The Morgan fingerprint density at radius 3 is 2.56 bits per heavy atom. The second-order valence-corrected chi connectivity index (χ2v) is 1.94. The Labute approximate surface area is 51.8 Å². The predicted molar refractivity (Wildman–Crippen MR) is 31.0 cm³/mol. The van der Waals surface area contributed by atoms with E-state index in [-0.39, 0.29) is 5.57 Å². The highest BCUT2D eigenvalue weighted by atomic mass is 19.3. The molecule has 0 heterocycles. The van der Waals surface area contributed by atoms with Gasteiger partial charge in [-0.2, -0.15) is 8.78 Å². The molecule has 0 amide bonds. The highest BCUT2D eigenvalue weighted by Crippen LogP contribution is 2.21. The van der Waals surface area contributed by atoms with Gasteiger partial charge in [0.25, 0.3) is 6.08 Å². The van der Waals surface area contributed by atoms with Gasteiger partial charge in [-0.1, -0.05) is 12.2 Å². The summed E-state index contributed by atoms with van der Waals surface area (Å²) in [5, 5.41) is 0. The zero-order valence-corrected chi connectivity index (χ0v) is 4.77. The van der Waals surface area contributed by atoms with Gasteiger partial charge in [-0.15, -0.1) is 0 Å². The van der Waals surface area contributed by atoms with Crippen LogP contribution in [0.4, 0.5) is 8.78 Å². The van der Waals surface area contributed by atoms with Crippen molar-refractivity contribution in [2.24, 2.45) is 5.73 Å². The average molecular weight is 131 g/mol. The number of hydrogen-bond donors (Lipinski definition) is 1. The average Bonchev–Trinajstić information content (AvgIpc) is 2.13. The summed E-state index contributed by atoms with van der Waals surface area (Å²) in [5.74, 6) is 0. The number of halogens is 2. The lowest BCUT2D eigenvalue weighted by Crippen LogP contribution is -2.16. The van der Waals surface area contributed by atoms with E-state index in [0.717, 1.165) is 0 Å². The Bertz CT molecular complexity index is 168. The summed E-state index contributed by atoms with van der Waals surface area (Å²) in [6.45, 7) is 0. The molecule has 0 saturated carbocycles. The van der Waals surface area contributed by atoms with Gasteiger partial charge in [0.15, 0.2) is 0 Å². The normalized spacial score (nSPS) is 25.2. The lowest BCUT2D eigenvalue weighted by Gasteiger charge is -2.00. The van der Waals surface area contributed by atoms with Crippen molar-refractivity contribution < 1.29 is 8.78 Å². The molecule has 1 aliphatic carbocycles. The molecule has 1 rings (SSSR count). The van der Waals surface area contributed by atoms with Crippen molar-refractivity contribution in [1.82, 2.24) is 0 Å². The van der Waals surface area contributed by atoms with Crippen molar-refractivity contribution in [3.05, 3.63) is 23.8 Å². The van der Waals surface area contributed by atoms with E-state index in [4.69, 9.17) is 5.73 Å². The summed E-state index contributed by atoms with van der Waals surface area (Å²) in [6.07, 6.45) is 1.91. The van der Waals surface area contributed by atoms with Crippen LogP contribution in [0.15, 0.2) is 23.8 Å². The van der Waals surface area contributed by atoms with E-state index in [1.54, 1.807) is 12.2 Å². The first-order chi connectivity index (χ1) is 4.22. The Hall–Kier alpha value is -0.700. The highest BCUT2D eigenvalue weighted by molar-refractivity contribution is 5.26. The molecule has 3 heteroatoms. The van der Waals surface area contributed by atoms with Crippen LogP contribution >= 0.6 is 0 Å². The number of hydrogen-bond acceptors (Lipinski definition) is 1. The van der Waals surface area contributed by atoms with Crippen LogP contribution in [0.25, 0.3) is 0 Å².